The second-order valence-electron chi connectivity index (χ2n) is 11.8. The van der Waals surface area contributed by atoms with E-state index in [1.807, 2.05) is 13.0 Å². The van der Waals surface area contributed by atoms with Gasteiger partial charge in [-0.3, -0.25) is 4.99 Å². The summed E-state index contributed by atoms with van der Waals surface area (Å²) in [5.74, 6) is 0.680. The lowest BCUT2D eigenvalue weighted by Gasteiger charge is -2.13. The predicted molar refractivity (Wildman–Crippen MR) is 189 cm³/mol. The van der Waals surface area contributed by atoms with E-state index < -0.39 is 0 Å². The molecule has 0 atom stereocenters. The minimum atomic E-state index is 0.525. The summed E-state index contributed by atoms with van der Waals surface area (Å²) in [5.41, 5.74) is 11.3. The molecule has 0 saturated heterocycles. The Labute approximate surface area is 260 Å². The van der Waals surface area contributed by atoms with Crippen LogP contribution in [0, 0.1) is 0 Å². The van der Waals surface area contributed by atoms with Gasteiger partial charge in [0, 0.05) is 43.9 Å². The van der Waals surface area contributed by atoms with Gasteiger partial charge in [-0.15, -0.1) is 0 Å². The molecule has 0 spiro atoms. The highest BCUT2D eigenvalue weighted by Gasteiger charge is 2.24. The molecule has 1 aliphatic rings. The Bertz CT molecular complexity index is 2540. The monoisotopic (exact) mass is 582 g/mol. The van der Waals surface area contributed by atoms with Crippen molar-refractivity contribution < 1.29 is 4.42 Å². The maximum atomic E-state index is 6.71. The number of aromatic nitrogens is 2. The second kappa shape index (κ2) is 9.93. The van der Waals surface area contributed by atoms with Crippen molar-refractivity contribution in [1.29, 1.82) is 0 Å². The largest absolute Gasteiger partial charge is 0.454 e. The Morgan fingerprint density at radius 2 is 1.56 bits per heavy atom. The van der Waals surface area contributed by atoms with E-state index in [2.05, 4.69) is 135 Å². The molecule has 0 N–H and O–H groups in total. The Balaban J connectivity index is 1.36. The van der Waals surface area contributed by atoms with Gasteiger partial charge in [-0.1, -0.05) is 72.8 Å². The third-order valence-electron chi connectivity index (χ3n) is 9.28. The summed E-state index contributed by atoms with van der Waals surface area (Å²) in [6.07, 6.45) is 6.59. The molecule has 0 bridgehead atoms. The van der Waals surface area contributed by atoms with Crippen LogP contribution in [-0.4, -0.2) is 21.7 Å². The number of benzene rings is 5. The van der Waals surface area contributed by atoms with Crippen LogP contribution >= 0.6 is 0 Å². The summed E-state index contributed by atoms with van der Waals surface area (Å²) in [6.45, 7) is 6.02. The van der Waals surface area contributed by atoms with Gasteiger partial charge in [0.05, 0.1) is 28.8 Å². The van der Waals surface area contributed by atoms with Crippen LogP contribution < -0.4 is 0 Å². The summed E-state index contributed by atoms with van der Waals surface area (Å²) >= 11 is 0. The molecule has 45 heavy (non-hydrogen) atoms. The van der Waals surface area contributed by atoms with E-state index >= 15 is 0 Å². The number of amidine groups is 1. The number of fused-ring (bicyclic) bond motifs is 9. The van der Waals surface area contributed by atoms with Gasteiger partial charge in [0.2, 0.25) is 0 Å². The van der Waals surface area contributed by atoms with Gasteiger partial charge in [0.1, 0.15) is 11.4 Å². The van der Waals surface area contributed by atoms with Gasteiger partial charge < -0.3 is 13.6 Å². The quantitative estimate of drug-likeness (QED) is 0.150. The molecule has 0 fully saturated rings. The topological polar surface area (TPSA) is 47.7 Å². The molecule has 5 nitrogen and oxygen atoms in total. The summed E-state index contributed by atoms with van der Waals surface area (Å²) in [6, 6.07) is 36.9. The molecule has 216 valence electrons. The molecule has 3 heterocycles. The van der Waals surface area contributed by atoms with E-state index in [9.17, 15) is 0 Å². The first-order chi connectivity index (χ1) is 22.2. The highest BCUT2D eigenvalue weighted by molar-refractivity contribution is 6.15. The normalized spacial score (nSPS) is 13.5. The number of allylic oxidation sites excluding steroid dienone is 1. The first-order valence-corrected chi connectivity index (χ1v) is 15.4. The van der Waals surface area contributed by atoms with Crippen LogP contribution in [-0.2, 0) is 13.0 Å². The molecular formula is C40H30N4O. The van der Waals surface area contributed by atoms with Crippen molar-refractivity contribution in [3.8, 4) is 11.4 Å². The molecule has 3 aromatic heterocycles. The van der Waals surface area contributed by atoms with Crippen molar-refractivity contribution >= 4 is 73.3 Å². The summed E-state index contributed by atoms with van der Waals surface area (Å²) in [7, 11) is 0. The third kappa shape index (κ3) is 3.80. The molecule has 9 rings (SSSR count). The first-order valence-electron chi connectivity index (χ1n) is 15.4. The van der Waals surface area contributed by atoms with Crippen molar-refractivity contribution in [2.45, 2.75) is 26.3 Å². The number of furan rings is 1. The fraction of sp³-hybridized carbons (Fsp3) is 0.100. The number of hydrogen-bond acceptors (Lipinski definition) is 2. The standard InChI is InChI=1S/C40H30N4O/c1-25(41-2)42-24-26-12-10-21-38-39(26)30-17-11-20-35(40(30)45-38)44-34-19-9-7-16-29(34)32-22-36-31(23-37(32)44)28-15-6-8-18-33(28)43(36)27-13-4-3-5-14-27/h3-8,10-18,20-23H,2,9,19,24H2,1H3/b42-25-. The van der Waals surface area contributed by atoms with Crippen molar-refractivity contribution in [1.82, 2.24) is 9.13 Å². The second-order valence-corrected chi connectivity index (χ2v) is 11.8. The van der Waals surface area contributed by atoms with Gasteiger partial charge >= 0.3 is 0 Å². The highest BCUT2D eigenvalue weighted by Crippen LogP contribution is 2.42. The van der Waals surface area contributed by atoms with Crippen LogP contribution in [0.1, 0.15) is 30.2 Å². The lowest BCUT2D eigenvalue weighted by atomic mass is 10.0. The average molecular weight is 583 g/mol. The Hall–Kier alpha value is -5.68. The molecular weight excluding hydrogens is 552 g/mol. The van der Waals surface area contributed by atoms with E-state index in [0.717, 1.165) is 51.7 Å². The number of hydrogen-bond donors (Lipinski definition) is 0. The van der Waals surface area contributed by atoms with Gasteiger partial charge in [0.15, 0.2) is 5.58 Å². The average Bonchev–Trinajstić information content (AvgIpc) is 3.74. The smallest absolute Gasteiger partial charge is 0.159 e. The third-order valence-corrected chi connectivity index (χ3v) is 9.28. The molecule has 0 aliphatic heterocycles. The lowest BCUT2D eigenvalue weighted by molar-refractivity contribution is 0.664. The number of rotatable bonds is 4. The van der Waals surface area contributed by atoms with E-state index in [-0.39, 0.29) is 0 Å². The fourth-order valence-corrected chi connectivity index (χ4v) is 7.27. The summed E-state index contributed by atoms with van der Waals surface area (Å²) in [4.78, 5) is 8.61. The maximum Gasteiger partial charge on any atom is 0.159 e. The minimum absolute atomic E-state index is 0.525. The molecule has 0 amide bonds. The van der Waals surface area contributed by atoms with Gasteiger partial charge in [-0.2, -0.15) is 0 Å². The van der Waals surface area contributed by atoms with E-state index in [1.165, 1.54) is 44.0 Å². The van der Waals surface area contributed by atoms with Crippen molar-refractivity contribution in [3.05, 3.63) is 126 Å². The lowest BCUT2D eigenvalue weighted by Crippen LogP contribution is -2.03. The highest BCUT2D eigenvalue weighted by atomic mass is 16.3. The van der Waals surface area contributed by atoms with Crippen molar-refractivity contribution in [2.75, 3.05) is 0 Å². The molecule has 5 heteroatoms. The van der Waals surface area contributed by atoms with Gasteiger partial charge in [0.25, 0.3) is 0 Å². The SMILES string of the molecule is C=N/C(C)=N\Cc1cccc2oc3c(-n4c5c(c6cc7c(cc64)c4ccccc4n7-c4ccccc4)C=CCC5)cccc3c12. The fourth-order valence-electron chi connectivity index (χ4n) is 7.27. The molecule has 8 aromatic rings. The van der Waals surface area contributed by atoms with E-state index in [1.54, 1.807) is 0 Å². The van der Waals surface area contributed by atoms with Crippen LogP contribution in [0.3, 0.4) is 0 Å². The maximum absolute atomic E-state index is 6.71. The molecule has 0 radical (unpaired) electrons. The van der Waals surface area contributed by atoms with Gasteiger partial charge in [-0.25, -0.2) is 4.99 Å². The first kappa shape index (κ1) is 25.8. The zero-order valence-corrected chi connectivity index (χ0v) is 25.0. The van der Waals surface area contributed by atoms with Crippen LogP contribution in [0.2, 0.25) is 0 Å². The predicted octanol–water partition coefficient (Wildman–Crippen LogP) is 10.2. The zero-order valence-electron chi connectivity index (χ0n) is 25.0. The Morgan fingerprint density at radius 1 is 0.778 bits per heavy atom. The van der Waals surface area contributed by atoms with Crippen LogP contribution in [0.5, 0.6) is 0 Å². The number of nitrogens with zero attached hydrogens (tertiary/aromatic N) is 4. The zero-order chi connectivity index (χ0) is 30.1. The van der Waals surface area contributed by atoms with Crippen LogP contribution in [0.15, 0.2) is 124 Å². The molecule has 0 unspecified atom stereocenters. The Morgan fingerprint density at radius 3 is 2.44 bits per heavy atom. The van der Waals surface area contributed by atoms with E-state index in [4.69, 9.17) is 4.42 Å². The number of para-hydroxylation sites is 3. The van der Waals surface area contributed by atoms with Gasteiger partial charge in [-0.05, 0) is 74.5 Å². The number of aliphatic imine (C=N–C) groups is 2. The Kier molecular flexibility index (Phi) is 5.69. The summed E-state index contributed by atoms with van der Waals surface area (Å²) in [5, 5.41) is 5.94. The van der Waals surface area contributed by atoms with Crippen molar-refractivity contribution in [3.63, 3.8) is 0 Å². The molecule has 0 saturated carbocycles. The summed E-state index contributed by atoms with van der Waals surface area (Å²) < 4.78 is 11.6. The van der Waals surface area contributed by atoms with E-state index in [0.29, 0.717) is 12.4 Å². The van der Waals surface area contributed by atoms with Crippen molar-refractivity contribution in [2.24, 2.45) is 9.98 Å². The van der Waals surface area contributed by atoms with Crippen LogP contribution in [0.25, 0.3) is 72.1 Å². The molecule has 1 aliphatic carbocycles. The van der Waals surface area contributed by atoms with Crippen LogP contribution in [0.4, 0.5) is 0 Å². The molecule has 5 aromatic carbocycles. The minimum Gasteiger partial charge on any atom is -0.454 e.